The van der Waals surface area contributed by atoms with Crippen molar-refractivity contribution in [3.05, 3.63) is 41.5 Å². The lowest BCUT2D eigenvalue weighted by Gasteiger charge is -2.06. The summed E-state index contributed by atoms with van der Waals surface area (Å²) in [5, 5.41) is 6.21. The van der Waals surface area contributed by atoms with Crippen molar-refractivity contribution in [2.24, 2.45) is 0 Å². The molecule has 0 unspecified atom stereocenters. The molecule has 0 saturated heterocycles. The maximum absolute atomic E-state index is 5.68. The predicted octanol–water partition coefficient (Wildman–Crippen LogP) is 2.28. The molecule has 0 aliphatic rings. The third-order valence-corrected chi connectivity index (χ3v) is 3.31. The smallest absolute Gasteiger partial charge is 0.223 e. The van der Waals surface area contributed by atoms with E-state index >= 15 is 0 Å². The van der Waals surface area contributed by atoms with Gasteiger partial charge in [-0.1, -0.05) is 6.07 Å². The second-order valence-corrected chi connectivity index (χ2v) is 4.64. The summed E-state index contributed by atoms with van der Waals surface area (Å²) in [5.41, 5.74) is 6.64. The van der Waals surface area contributed by atoms with Gasteiger partial charge in [0.2, 0.25) is 5.95 Å². The van der Waals surface area contributed by atoms with Crippen LogP contribution in [0.4, 0.5) is 11.8 Å². The highest BCUT2D eigenvalue weighted by molar-refractivity contribution is 7.16. The molecule has 6 heteroatoms. The van der Waals surface area contributed by atoms with Gasteiger partial charge >= 0.3 is 0 Å². The highest BCUT2D eigenvalue weighted by Crippen LogP contribution is 2.25. The van der Waals surface area contributed by atoms with E-state index in [9.17, 15) is 0 Å². The van der Waals surface area contributed by atoms with Crippen LogP contribution in [0.3, 0.4) is 0 Å². The van der Waals surface area contributed by atoms with Crippen LogP contribution in [-0.2, 0) is 6.54 Å². The van der Waals surface area contributed by atoms with Gasteiger partial charge in [-0.3, -0.25) is 4.98 Å². The Kier molecular flexibility index (Phi) is 2.77. The minimum Gasteiger partial charge on any atom is -0.368 e. The molecule has 3 N–H and O–H groups in total. The normalized spacial score (nSPS) is 10.7. The Balaban J connectivity index is 1.88. The number of aromatic nitrogens is 3. The molecule has 0 radical (unpaired) electrons. The first-order valence-electron chi connectivity index (χ1n) is 5.47. The Morgan fingerprint density at radius 1 is 1.22 bits per heavy atom. The zero-order chi connectivity index (χ0) is 12.4. The van der Waals surface area contributed by atoms with Crippen LogP contribution in [0.2, 0.25) is 0 Å². The highest BCUT2D eigenvalue weighted by Gasteiger charge is 2.06. The molecule has 0 bridgehead atoms. The van der Waals surface area contributed by atoms with Gasteiger partial charge < -0.3 is 11.1 Å². The van der Waals surface area contributed by atoms with Gasteiger partial charge in [-0.05, 0) is 23.6 Å². The second-order valence-electron chi connectivity index (χ2n) is 3.74. The van der Waals surface area contributed by atoms with Crippen LogP contribution in [0.1, 0.15) is 5.69 Å². The number of nitrogens with two attached hydrogens (primary N) is 1. The van der Waals surface area contributed by atoms with Crippen molar-refractivity contribution in [1.29, 1.82) is 0 Å². The summed E-state index contributed by atoms with van der Waals surface area (Å²) >= 11 is 1.55. The van der Waals surface area contributed by atoms with Crippen molar-refractivity contribution in [2.75, 3.05) is 11.1 Å². The molecule has 0 aliphatic carbocycles. The topological polar surface area (TPSA) is 76.7 Å². The highest BCUT2D eigenvalue weighted by atomic mass is 32.1. The van der Waals surface area contributed by atoms with E-state index in [4.69, 9.17) is 5.73 Å². The molecule has 0 amide bonds. The van der Waals surface area contributed by atoms with E-state index in [0.29, 0.717) is 6.54 Å². The van der Waals surface area contributed by atoms with Crippen molar-refractivity contribution >= 4 is 33.3 Å². The molecule has 0 atom stereocenters. The lowest BCUT2D eigenvalue weighted by atomic mass is 10.3. The minimum atomic E-state index is 0.286. The molecular weight excluding hydrogens is 246 g/mol. The standard InChI is InChI=1S/C12H11N5S/c13-12-16-10(9-4-6-18-11(9)17-12)15-7-8-3-1-2-5-14-8/h1-6H,7H2,(H3,13,15,16,17). The fraction of sp³-hybridized carbons (Fsp3) is 0.0833. The maximum Gasteiger partial charge on any atom is 0.223 e. The summed E-state index contributed by atoms with van der Waals surface area (Å²) < 4.78 is 0. The zero-order valence-electron chi connectivity index (χ0n) is 9.50. The Morgan fingerprint density at radius 2 is 2.17 bits per heavy atom. The Hall–Kier alpha value is -2.21. The van der Waals surface area contributed by atoms with E-state index < -0.39 is 0 Å². The Morgan fingerprint density at radius 3 is 3.00 bits per heavy atom. The Labute approximate surface area is 108 Å². The van der Waals surface area contributed by atoms with Crippen LogP contribution in [0.25, 0.3) is 10.2 Å². The zero-order valence-corrected chi connectivity index (χ0v) is 10.3. The summed E-state index contributed by atoms with van der Waals surface area (Å²) in [5.74, 6) is 1.04. The van der Waals surface area contributed by atoms with Crippen molar-refractivity contribution in [3.63, 3.8) is 0 Å². The summed E-state index contributed by atoms with van der Waals surface area (Å²) in [4.78, 5) is 13.5. The largest absolute Gasteiger partial charge is 0.368 e. The molecular formula is C12H11N5S. The van der Waals surface area contributed by atoms with Crippen molar-refractivity contribution in [3.8, 4) is 0 Å². The van der Waals surface area contributed by atoms with Crippen molar-refractivity contribution < 1.29 is 0 Å². The van der Waals surface area contributed by atoms with Crippen LogP contribution >= 0.6 is 11.3 Å². The fourth-order valence-corrected chi connectivity index (χ4v) is 2.45. The molecule has 0 spiro atoms. The number of anilines is 2. The Bertz CT molecular complexity index is 665. The molecule has 90 valence electrons. The summed E-state index contributed by atoms with van der Waals surface area (Å²) in [6, 6.07) is 7.80. The molecule has 3 aromatic heterocycles. The van der Waals surface area contributed by atoms with Crippen LogP contribution in [0, 0.1) is 0 Å². The maximum atomic E-state index is 5.68. The predicted molar refractivity (Wildman–Crippen MR) is 73.4 cm³/mol. The van der Waals surface area contributed by atoms with Crippen LogP contribution in [-0.4, -0.2) is 15.0 Å². The third-order valence-electron chi connectivity index (χ3n) is 2.51. The van der Waals surface area contributed by atoms with Crippen molar-refractivity contribution in [1.82, 2.24) is 15.0 Å². The van der Waals surface area contributed by atoms with Crippen LogP contribution in [0.5, 0.6) is 0 Å². The lowest BCUT2D eigenvalue weighted by Crippen LogP contribution is -2.05. The average Bonchev–Trinajstić information content (AvgIpc) is 2.85. The van der Waals surface area contributed by atoms with E-state index in [-0.39, 0.29) is 5.95 Å². The molecule has 3 aromatic rings. The minimum absolute atomic E-state index is 0.286. The van der Waals surface area contributed by atoms with Gasteiger partial charge in [0.1, 0.15) is 10.6 Å². The number of hydrogen-bond acceptors (Lipinski definition) is 6. The summed E-state index contributed by atoms with van der Waals surface area (Å²) in [7, 11) is 0. The van der Waals surface area contributed by atoms with Gasteiger partial charge in [0.25, 0.3) is 0 Å². The van der Waals surface area contributed by atoms with Crippen LogP contribution < -0.4 is 11.1 Å². The monoisotopic (exact) mass is 257 g/mol. The van der Waals surface area contributed by atoms with E-state index in [2.05, 4.69) is 20.3 Å². The molecule has 3 rings (SSSR count). The van der Waals surface area contributed by atoms with Gasteiger partial charge in [-0.25, -0.2) is 4.98 Å². The van der Waals surface area contributed by atoms with E-state index in [1.165, 1.54) is 0 Å². The van der Waals surface area contributed by atoms with E-state index in [0.717, 1.165) is 21.7 Å². The van der Waals surface area contributed by atoms with E-state index in [1.54, 1.807) is 17.5 Å². The van der Waals surface area contributed by atoms with Gasteiger partial charge in [0, 0.05) is 6.20 Å². The quantitative estimate of drug-likeness (QED) is 0.752. The summed E-state index contributed by atoms with van der Waals surface area (Å²) in [6.45, 7) is 0.613. The van der Waals surface area contributed by atoms with Gasteiger partial charge in [-0.15, -0.1) is 11.3 Å². The summed E-state index contributed by atoms with van der Waals surface area (Å²) in [6.07, 6.45) is 1.77. The second kappa shape index (κ2) is 4.58. The van der Waals surface area contributed by atoms with Crippen molar-refractivity contribution in [2.45, 2.75) is 6.54 Å². The number of pyridine rings is 1. The number of nitrogens with one attached hydrogen (secondary N) is 1. The third kappa shape index (κ3) is 2.10. The number of nitrogen functional groups attached to an aromatic ring is 1. The number of rotatable bonds is 3. The first-order valence-corrected chi connectivity index (χ1v) is 6.35. The molecule has 18 heavy (non-hydrogen) atoms. The number of thiophene rings is 1. The SMILES string of the molecule is Nc1nc(NCc2ccccn2)c2ccsc2n1. The van der Waals surface area contributed by atoms with Gasteiger partial charge in [-0.2, -0.15) is 4.98 Å². The molecule has 0 aliphatic heterocycles. The number of nitrogens with zero attached hydrogens (tertiary/aromatic N) is 3. The van der Waals surface area contributed by atoms with E-state index in [1.807, 2.05) is 29.6 Å². The molecule has 0 saturated carbocycles. The molecule has 0 fully saturated rings. The van der Waals surface area contributed by atoms with Crippen LogP contribution in [0.15, 0.2) is 35.8 Å². The molecule has 0 aromatic carbocycles. The first-order chi connectivity index (χ1) is 8.83. The number of fused-ring (bicyclic) bond motifs is 1. The molecule has 5 nitrogen and oxygen atoms in total. The average molecular weight is 257 g/mol. The van der Waals surface area contributed by atoms with Gasteiger partial charge in [0.15, 0.2) is 0 Å². The lowest BCUT2D eigenvalue weighted by molar-refractivity contribution is 1.03. The number of hydrogen-bond donors (Lipinski definition) is 2. The first kappa shape index (κ1) is 10.9. The fourth-order valence-electron chi connectivity index (χ4n) is 1.68. The molecule has 3 heterocycles. The van der Waals surface area contributed by atoms with Gasteiger partial charge in [0.05, 0.1) is 17.6 Å².